The molecule has 6 heteroatoms. The van der Waals surface area contributed by atoms with Gasteiger partial charge in [0.15, 0.2) is 0 Å². The van der Waals surface area contributed by atoms with Gasteiger partial charge in [-0.15, -0.1) is 0 Å². The lowest BCUT2D eigenvalue weighted by molar-refractivity contribution is -0.141. The molecule has 1 aromatic rings. The summed E-state index contributed by atoms with van der Waals surface area (Å²) in [6, 6.07) is 7.97. The van der Waals surface area contributed by atoms with Crippen molar-refractivity contribution in [1.82, 2.24) is 10.2 Å². The first kappa shape index (κ1) is 18.3. The molecule has 6 nitrogen and oxygen atoms in total. The summed E-state index contributed by atoms with van der Waals surface area (Å²) in [6.45, 7) is 2.47. The maximum absolute atomic E-state index is 12.4. The van der Waals surface area contributed by atoms with Gasteiger partial charge in [-0.25, -0.2) is 4.79 Å². The molecule has 1 atom stereocenters. The number of methoxy groups -OCH3 is 1. The van der Waals surface area contributed by atoms with Gasteiger partial charge in [0.05, 0.1) is 13.5 Å². The number of benzene rings is 1. The molecule has 1 aromatic carbocycles. The van der Waals surface area contributed by atoms with Crippen LogP contribution in [0.25, 0.3) is 0 Å². The number of esters is 1. The Morgan fingerprint density at radius 2 is 2.12 bits per heavy atom. The van der Waals surface area contributed by atoms with Crippen molar-refractivity contribution in [3.63, 3.8) is 0 Å². The fourth-order valence-corrected chi connectivity index (χ4v) is 3.07. The number of urea groups is 1. The van der Waals surface area contributed by atoms with Gasteiger partial charge in [-0.2, -0.15) is 0 Å². The molecule has 0 saturated carbocycles. The van der Waals surface area contributed by atoms with Crippen LogP contribution in [-0.4, -0.2) is 43.6 Å². The van der Waals surface area contributed by atoms with Crippen molar-refractivity contribution in [2.75, 3.05) is 26.7 Å². The molecule has 2 amide bonds. The van der Waals surface area contributed by atoms with E-state index in [0.717, 1.165) is 30.4 Å². The number of fused-ring (bicyclic) bond motifs is 1. The highest BCUT2D eigenvalue weighted by atomic mass is 16.5. The molecule has 1 unspecified atom stereocenters. The normalized spacial score (nSPS) is 16.9. The standard InChI is InChI=1S/C18H27N3O3/c1-24-17(22)12-14-8-11-21(18(23)20-10-5-4-9-19)13-15-6-2-3-7-16(14)15/h2-3,6-7,14H,4-5,8-13,19H2,1H3,(H,20,23). The van der Waals surface area contributed by atoms with E-state index >= 15 is 0 Å². The molecule has 1 heterocycles. The molecular weight excluding hydrogens is 306 g/mol. The SMILES string of the molecule is COC(=O)CC1CCN(C(=O)NCCCCN)Cc2ccccc21. The number of nitrogens with zero attached hydrogens (tertiary/aromatic N) is 1. The average molecular weight is 333 g/mol. The van der Waals surface area contributed by atoms with Crippen molar-refractivity contribution in [3.05, 3.63) is 35.4 Å². The number of carbonyl (C=O) groups excluding carboxylic acids is 2. The quantitative estimate of drug-likeness (QED) is 0.616. The molecule has 0 radical (unpaired) electrons. The number of ether oxygens (including phenoxy) is 1. The summed E-state index contributed by atoms with van der Waals surface area (Å²) in [6.07, 6.45) is 2.89. The zero-order chi connectivity index (χ0) is 17.4. The number of nitrogens with two attached hydrogens (primary N) is 1. The van der Waals surface area contributed by atoms with E-state index < -0.39 is 0 Å². The molecule has 0 bridgehead atoms. The Labute approximate surface area is 143 Å². The van der Waals surface area contributed by atoms with E-state index in [-0.39, 0.29) is 17.9 Å². The van der Waals surface area contributed by atoms with Crippen LogP contribution in [0.1, 0.15) is 42.7 Å². The third-order valence-electron chi connectivity index (χ3n) is 4.44. The van der Waals surface area contributed by atoms with E-state index in [2.05, 4.69) is 5.32 Å². The summed E-state index contributed by atoms with van der Waals surface area (Å²) >= 11 is 0. The molecule has 2 rings (SSSR count). The lowest BCUT2D eigenvalue weighted by atomic mass is 9.90. The molecule has 0 aliphatic carbocycles. The van der Waals surface area contributed by atoms with Crippen LogP contribution in [-0.2, 0) is 16.1 Å². The van der Waals surface area contributed by atoms with Crippen LogP contribution in [0.15, 0.2) is 24.3 Å². The molecule has 0 saturated heterocycles. The minimum Gasteiger partial charge on any atom is -0.469 e. The van der Waals surface area contributed by atoms with Crippen LogP contribution in [0.5, 0.6) is 0 Å². The highest BCUT2D eigenvalue weighted by Crippen LogP contribution is 2.31. The van der Waals surface area contributed by atoms with E-state index in [0.29, 0.717) is 32.6 Å². The summed E-state index contributed by atoms with van der Waals surface area (Å²) in [4.78, 5) is 25.9. The summed E-state index contributed by atoms with van der Waals surface area (Å²) < 4.78 is 4.82. The second-order valence-electron chi connectivity index (χ2n) is 6.11. The van der Waals surface area contributed by atoms with E-state index in [1.807, 2.05) is 29.2 Å². The van der Waals surface area contributed by atoms with Crippen molar-refractivity contribution in [3.8, 4) is 0 Å². The van der Waals surface area contributed by atoms with E-state index in [1.54, 1.807) is 0 Å². The topological polar surface area (TPSA) is 84.7 Å². The Morgan fingerprint density at radius 3 is 2.88 bits per heavy atom. The molecule has 1 aliphatic rings. The molecule has 1 aliphatic heterocycles. The van der Waals surface area contributed by atoms with Gasteiger partial charge >= 0.3 is 12.0 Å². The highest BCUT2D eigenvalue weighted by Gasteiger charge is 2.26. The number of carbonyl (C=O) groups is 2. The fourth-order valence-electron chi connectivity index (χ4n) is 3.07. The van der Waals surface area contributed by atoms with Gasteiger partial charge in [0.2, 0.25) is 0 Å². The maximum atomic E-state index is 12.4. The van der Waals surface area contributed by atoms with Crippen molar-refractivity contribution in [1.29, 1.82) is 0 Å². The van der Waals surface area contributed by atoms with Crippen LogP contribution in [0, 0.1) is 0 Å². The molecule has 0 spiro atoms. The third kappa shape index (κ3) is 4.96. The Morgan fingerprint density at radius 1 is 1.33 bits per heavy atom. The smallest absolute Gasteiger partial charge is 0.317 e. The number of nitrogens with one attached hydrogen (secondary N) is 1. The largest absolute Gasteiger partial charge is 0.469 e. The first-order valence-electron chi connectivity index (χ1n) is 8.53. The predicted octanol–water partition coefficient (Wildman–Crippen LogP) is 1.99. The first-order chi connectivity index (χ1) is 11.7. The molecule has 132 valence electrons. The molecule has 0 fully saturated rings. The monoisotopic (exact) mass is 333 g/mol. The highest BCUT2D eigenvalue weighted by molar-refractivity contribution is 5.74. The van der Waals surface area contributed by atoms with Crippen molar-refractivity contribution < 1.29 is 14.3 Å². The average Bonchev–Trinajstić information content (AvgIpc) is 2.78. The molecular formula is C18H27N3O3. The third-order valence-corrected chi connectivity index (χ3v) is 4.44. The van der Waals surface area contributed by atoms with Crippen molar-refractivity contribution in [2.45, 2.75) is 38.1 Å². The predicted molar refractivity (Wildman–Crippen MR) is 92.5 cm³/mol. The summed E-state index contributed by atoms with van der Waals surface area (Å²) in [5, 5.41) is 2.95. The Balaban J connectivity index is 2.04. The van der Waals surface area contributed by atoms with Gasteiger partial charge in [0.1, 0.15) is 0 Å². The van der Waals surface area contributed by atoms with Crippen LogP contribution in [0.2, 0.25) is 0 Å². The summed E-state index contributed by atoms with van der Waals surface area (Å²) in [7, 11) is 1.41. The number of hydrogen-bond donors (Lipinski definition) is 2. The second-order valence-corrected chi connectivity index (χ2v) is 6.11. The minimum atomic E-state index is -0.213. The number of rotatable bonds is 6. The summed E-state index contributed by atoms with van der Waals surface area (Å²) in [5.74, 6) is -0.127. The van der Waals surface area contributed by atoms with Crippen LogP contribution in [0.4, 0.5) is 4.79 Å². The van der Waals surface area contributed by atoms with Crippen molar-refractivity contribution in [2.24, 2.45) is 5.73 Å². The number of unbranched alkanes of at least 4 members (excludes halogenated alkanes) is 1. The van der Waals surface area contributed by atoms with Gasteiger partial charge < -0.3 is 20.7 Å². The van der Waals surface area contributed by atoms with Gasteiger partial charge in [0.25, 0.3) is 0 Å². The Hall–Kier alpha value is -2.08. The van der Waals surface area contributed by atoms with Gasteiger partial charge in [-0.1, -0.05) is 24.3 Å². The number of hydrogen-bond acceptors (Lipinski definition) is 4. The van der Waals surface area contributed by atoms with E-state index in [9.17, 15) is 9.59 Å². The van der Waals surface area contributed by atoms with Gasteiger partial charge in [-0.3, -0.25) is 4.79 Å². The van der Waals surface area contributed by atoms with Crippen molar-refractivity contribution >= 4 is 12.0 Å². The van der Waals surface area contributed by atoms with Gasteiger partial charge in [-0.05, 0) is 42.9 Å². The minimum absolute atomic E-state index is 0.0551. The lowest BCUT2D eigenvalue weighted by Crippen LogP contribution is -2.40. The molecule has 24 heavy (non-hydrogen) atoms. The zero-order valence-corrected chi connectivity index (χ0v) is 14.3. The fraction of sp³-hybridized carbons (Fsp3) is 0.556. The first-order valence-corrected chi connectivity index (χ1v) is 8.53. The zero-order valence-electron chi connectivity index (χ0n) is 14.3. The van der Waals surface area contributed by atoms with Crippen LogP contribution < -0.4 is 11.1 Å². The maximum Gasteiger partial charge on any atom is 0.317 e. The van der Waals surface area contributed by atoms with Crippen LogP contribution in [0.3, 0.4) is 0 Å². The summed E-state index contributed by atoms with van der Waals surface area (Å²) in [5.41, 5.74) is 7.71. The Kier molecular flexibility index (Phi) is 7.06. The lowest BCUT2D eigenvalue weighted by Gasteiger charge is -2.21. The Bertz CT molecular complexity index is 562. The molecule has 0 aromatic heterocycles. The van der Waals surface area contributed by atoms with Crippen LogP contribution >= 0.6 is 0 Å². The number of amides is 2. The molecule has 3 N–H and O–H groups in total. The van der Waals surface area contributed by atoms with Gasteiger partial charge in [0, 0.05) is 19.6 Å². The van der Waals surface area contributed by atoms with E-state index in [1.165, 1.54) is 7.11 Å². The second kappa shape index (κ2) is 9.27. The van der Waals surface area contributed by atoms with E-state index in [4.69, 9.17) is 10.5 Å².